The van der Waals surface area contributed by atoms with Crippen molar-refractivity contribution >= 4 is 10.0 Å². The number of hydrogen-bond donors (Lipinski definition) is 0. The molecular formula is C19H21NO3S. The normalized spacial score (nSPS) is 24.2. The van der Waals surface area contributed by atoms with Gasteiger partial charge >= 0.3 is 0 Å². The number of rotatable bonds is 2. The summed E-state index contributed by atoms with van der Waals surface area (Å²) < 4.78 is 33.8. The van der Waals surface area contributed by atoms with Gasteiger partial charge in [-0.15, -0.1) is 0 Å². The zero-order valence-electron chi connectivity index (χ0n) is 13.7. The largest absolute Gasteiger partial charge is 0.373 e. The molecule has 0 N–H and O–H groups in total. The van der Waals surface area contributed by atoms with Gasteiger partial charge in [-0.2, -0.15) is 4.31 Å². The predicted octanol–water partition coefficient (Wildman–Crippen LogP) is 3.28. The van der Waals surface area contributed by atoms with Crippen LogP contribution in [0.4, 0.5) is 0 Å². The van der Waals surface area contributed by atoms with E-state index in [1.54, 1.807) is 16.4 Å². The Hall–Kier alpha value is -1.69. The minimum absolute atomic E-state index is 0.0133. The first-order valence-electron chi connectivity index (χ1n) is 8.32. The van der Waals surface area contributed by atoms with E-state index in [1.165, 1.54) is 0 Å². The van der Waals surface area contributed by atoms with Crippen molar-refractivity contribution in [3.63, 3.8) is 0 Å². The molecule has 0 amide bonds. The smallest absolute Gasteiger partial charge is 0.243 e. The summed E-state index contributed by atoms with van der Waals surface area (Å²) in [5.41, 5.74) is 3.24. The number of fused-ring (bicyclic) bond motifs is 3. The monoisotopic (exact) mass is 343 g/mol. The molecule has 0 radical (unpaired) electrons. The summed E-state index contributed by atoms with van der Waals surface area (Å²) in [6.07, 6.45) is 0.915. The number of nitrogens with zero attached hydrogens (tertiary/aromatic N) is 1. The Morgan fingerprint density at radius 1 is 1.08 bits per heavy atom. The molecule has 0 spiro atoms. The molecule has 0 unspecified atom stereocenters. The van der Waals surface area contributed by atoms with E-state index >= 15 is 0 Å². The summed E-state index contributed by atoms with van der Waals surface area (Å²) in [5, 5.41) is 0. The fraction of sp³-hybridized carbons (Fsp3) is 0.368. The van der Waals surface area contributed by atoms with Crippen LogP contribution in [0.15, 0.2) is 53.4 Å². The van der Waals surface area contributed by atoms with Gasteiger partial charge < -0.3 is 4.74 Å². The molecule has 4 rings (SSSR count). The SMILES string of the molecule is Cc1ccc(S(=O)(=O)N2Cc3ccccc3[C@@H]3OCC[C@@H]3C2)cc1. The van der Waals surface area contributed by atoms with Gasteiger partial charge in [-0.3, -0.25) is 0 Å². The molecule has 24 heavy (non-hydrogen) atoms. The summed E-state index contributed by atoms with van der Waals surface area (Å²) >= 11 is 0. The van der Waals surface area contributed by atoms with Crippen molar-refractivity contribution in [2.75, 3.05) is 13.2 Å². The summed E-state index contributed by atoms with van der Waals surface area (Å²) in [6, 6.07) is 15.1. The molecule has 0 saturated carbocycles. The molecule has 2 heterocycles. The van der Waals surface area contributed by atoms with E-state index in [0.717, 1.165) is 23.1 Å². The van der Waals surface area contributed by atoms with Gasteiger partial charge in [-0.05, 0) is 36.6 Å². The van der Waals surface area contributed by atoms with Gasteiger partial charge in [-0.1, -0.05) is 42.0 Å². The average molecular weight is 343 g/mol. The topological polar surface area (TPSA) is 46.6 Å². The van der Waals surface area contributed by atoms with Crippen molar-refractivity contribution < 1.29 is 13.2 Å². The van der Waals surface area contributed by atoms with Gasteiger partial charge in [0.25, 0.3) is 0 Å². The molecule has 2 aromatic rings. The Bertz CT molecular complexity index is 845. The number of aryl methyl sites for hydroxylation is 1. The molecule has 0 aromatic heterocycles. The summed E-state index contributed by atoms with van der Waals surface area (Å²) in [7, 11) is -3.51. The van der Waals surface area contributed by atoms with Gasteiger partial charge in [0.15, 0.2) is 0 Å². The van der Waals surface area contributed by atoms with Gasteiger partial charge in [0, 0.05) is 25.6 Å². The standard InChI is InChI=1S/C19H21NO3S/c1-14-6-8-17(9-7-14)24(21,22)20-12-15-4-2-3-5-18(15)19-16(13-20)10-11-23-19/h2-9,16,19H,10-13H2,1H3/t16-,19-/m1/s1. The Kier molecular flexibility index (Phi) is 3.95. The Morgan fingerprint density at radius 3 is 2.62 bits per heavy atom. The van der Waals surface area contributed by atoms with Crippen LogP contribution in [-0.4, -0.2) is 25.9 Å². The maximum absolute atomic E-state index is 13.1. The first-order valence-corrected chi connectivity index (χ1v) is 9.76. The molecular weight excluding hydrogens is 322 g/mol. The van der Waals surface area contributed by atoms with E-state index in [9.17, 15) is 8.42 Å². The minimum atomic E-state index is -3.51. The van der Waals surface area contributed by atoms with Crippen LogP contribution < -0.4 is 0 Å². The van der Waals surface area contributed by atoms with Crippen molar-refractivity contribution in [3.8, 4) is 0 Å². The number of ether oxygens (including phenoxy) is 1. The quantitative estimate of drug-likeness (QED) is 0.841. The molecule has 0 aliphatic carbocycles. The number of hydrogen-bond acceptors (Lipinski definition) is 3. The van der Waals surface area contributed by atoms with Crippen LogP contribution in [0.3, 0.4) is 0 Å². The van der Waals surface area contributed by atoms with Gasteiger partial charge in [-0.25, -0.2) is 8.42 Å². The molecule has 1 saturated heterocycles. The van der Waals surface area contributed by atoms with Crippen molar-refractivity contribution in [2.45, 2.75) is 30.9 Å². The Balaban J connectivity index is 1.75. The molecule has 2 aromatic carbocycles. The predicted molar refractivity (Wildman–Crippen MR) is 92.0 cm³/mol. The van der Waals surface area contributed by atoms with Crippen LogP contribution in [0.25, 0.3) is 0 Å². The third kappa shape index (κ3) is 2.66. The molecule has 4 nitrogen and oxygen atoms in total. The maximum atomic E-state index is 13.1. The third-order valence-electron chi connectivity index (χ3n) is 5.02. The molecule has 2 aliphatic heterocycles. The molecule has 5 heteroatoms. The van der Waals surface area contributed by atoms with E-state index < -0.39 is 10.0 Å². The summed E-state index contributed by atoms with van der Waals surface area (Å²) in [4.78, 5) is 0.364. The molecule has 1 fully saturated rings. The molecule has 2 aliphatic rings. The zero-order valence-corrected chi connectivity index (χ0v) is 14.5. The number of sulfonamides is 1. The molecule has 2 atom stereocenters. The van der Waals surface area contributed by atoms with Crippen molar-refractivity contribution in [1.82, 2.24) is 4.31 Å². The van der Waals surface area contributed by atoms with Crippen molar-refractivity contribution in [3.05, 3.63) is 65.2 Å². The molecule has 0 bridgehead atoms. The lowest BCUT2D eigenvalue weighted by atomic mass is 9.94. The summed E-state index contributed by atoms with van der Waals surface area (Å²) in [5.74, 6) is 0.217. The fourth-order valence-electron chi connectivity index (χ4n) is 3.68. The van der Waals surface area contributed by atoms with Crippen LogP contribution >= 0.6 is 0 Å². The van der Waals surface area contributed by atoms with Gasteiger partial charge in [0.05, 0.1) is 11.0 Å². The van der Waals surface area contributed by atoms with Gasteiger partial charge in [0.1, 0.15) is 0 Å². The van der Waals surface area contributed by atoms with Crippen LogP contribution in [0, 0.1) is 12.8 Å². The first-order chi connectivity index (χ1) is 11.6. The highest BCUT2D eigenvalue weighted by Gasteiger charge is 2.39. The lowest BCUT2D eigenvalue weighted by molar-refractivity contribution is 0.0894. The van der Waals surface area contributed by atoms with Crippen LogP contribution in [0.5, 0.6) is 0 Å². The first kappa shape index (κ1) is 15.8. The van der Waals surface area contributed by atoms with Crippen LogP contribution in [-0.2, 0) is 21.3 Å². The lowest BCUT2D eigenvalue weighted by Gasteiger charge is -2.23. The highest BCUT2D eigenvalue weighted by atomic mass is 32.2. The van der Waals surface area contributed by atoms with Crippen molar-refractivity contribution in [1.29, 1.82) is 0 Å². The van der Waals surface area contributed by atoms with Crippen molar-refractivity contribution in [2.24, 2.45) is 5.92 Å². The van der Waals surface area contributed by atoms with E-state index in [0.29, 0.717) is 24.6 Å². The third-order valence-corrected chi connectivity index (χ3v) is 6.85. The zero-order chi connectivity index (χ0) is 16.7. The average Bonchev–Trinajstić information content (AvgIpc) is 2.97. The fourth-order valence-corrected chi connectivity index (χ4v) is 5.15. The van der Waals surface area contributed by atoms with E-state index in [2.05, 4.69) is 6.07 Å². The minimum Gasteiger partial charge on any atom is -0.373 e. The second kappa shape index (κ2) is 5.99. The second-order valence-corrected chi connectivity index (χ2v) is 8.59. The van der Waals surface area contributed by atoms with E-state index in [1.807, 2.05) is 37.3 Å². The second-order valence-electron chi connectivity index (χ2n) is 6.65. The highest BCUT2D eigenvalue weighted by molar-refractivity contribution is 7.89. The van der Waals surface area contributed by atoms with Gasteiger partial charge in [0.2, 0.25) is 10.0 Å². The maximum Gasteiger partial charge on any atom is 0.243 e. The van der Waals surface area contributed by atoms with Crippen LogP contribution in [0.1, 0.15) is 29.2 Å². The Labute approximate surface area is 143 Å². The van der Waals surface area contributed by atoms with E-state index in [4.69, 9.17) is 4.74 Å². The number of benzene rings is 2. The summed E-state index contributed by atoms with van der Waals surface area (Å²) in [6.45, 7) is 3.57. The van der Waals surface area contributed by atoms with Crippen LogP contribution in [0.2, 0.25) is 0 Å². The van der Waals surface area contributed by atoms with E-state index in [-0.39, 0.29) is 12.0 Å². The molecule has 126 valence electrons. The highest BCUT2D eigenvalue weighted by Crippen LogP contribution is 2.40. The Morgan fingerprint density at radius 2 is 1.83 bits per heavy atom. The lowest BCUT2D eigenvalue weighted by Crippen LogP contribution is -2.33.